The molecule has 6 heteroatoms. The maximum atomic E-state index is 11.5. The number of carbonyl (C=O) groups is 1. The lowest BCUT2D eigenvalue weighted by Crippen LogP contribution is -2.28. The number of anilines is 1. The molecule has 2 rings (SSSR count). The van der Waals surface area contributed by atoms with Gasteiger partial charge in [-0.1, -0.05) is 22.9 Å². The van der Waals surface area contributed by atoms with Crippen LogP contribution in [-0.4, -0.2) is 23.6 Å². The fourth-order valence-corrected chi connectivity index (χ4v) is 2.57. The van der Waals surface area contributed by atoms with Gasteiger partial charge in [0.2, 0.25) is 0 Å². The Hall–Kier alpha value is -1.33. The smallest absolute Gasteiger partial charge is 0.328 e. The van der Waals surface area contributed by atoms with E-state index in [4.69, 9.17) is 16.3 Å². The van der Waals surface area contributed by atoms with Gasteiger partial charge in [-0.3, -0.25) is 0 Å². The summed E-state index contributed by atoms with van der Waals surface area (Å²) in [5.74, 6) is -0.283. The summed E-state index contributed by atoms with van der Waals surface area (Å²) in [7, 11) is 0. The van der Waals surface area contributed by atoms with E-state index in [1.54, 1.807) is 19.9 Å². The Kier molecular flexibility index (Phi) is 4.04. The van der Waals surface area contributed by atoms with Gasteiger partial charge >= 0.3 is 5.97 Å². The molecule has 2 aromatic rings. The molecular formula is C12H13ClN2O2S. The average molecular weight is 285 g/mol. The summed E-state index contributed by atoms with van der Waals surface area (Å²) in [6.45, 7) is 3.90. The maximum Gasteiger partial charge on any atom is 0.328 e. The van der Waals surface area contributed by atoms with Crippen molar-refractivity contribution in [2.75, 3.05) is 11.9 Å². The molecule has 1 N–H and O–H groups in total. The molecule has 1 heterocycles. The van der Waals surface area contributed by atoms with E-state index in [0.717, 1.165) is 10.2 Å². The van der Waals surface area contributed by atoms with Gasteiger partial charge in [-0.2, -0.15) is 0 Å². The Morgan fingerprint density at radius 3 is 3.11 bits per heavy atom. The molecule has 0 fully saturated rings. The molecule has 0 aliphatic rings. The van der Waals surface area contributed by atoms with Crippen molar-refractivity contribution in [3.63, 3.8) is 0 Å². The number of esters is 1. The fraction of sp³-hybridized carbons (Fsp3) is 0.333. The number of halogens is 1. The molecule has 1 aromatic carbocycles. The zero-order valence-corrected chi connectivity index (χ0v) is 11.6. The highest BCUT2D eigenvalue weighted by Crippen LogP contribution is 2.28. The monoisotopic (exact) mass is 284 g/mol. The van der Waals surface area contributed by atoms with Gasteiger partial charge in [0.15, 0.2) is 5.13 Å². The van der Waals surface area contributed by atoms with Crippen LogP contribution in [-0.2, 0) is 9.53 Å². The average Bonchev–Trinajstić information content (AvgIpc) is 2.70. The minimum Gasteiger partial charge on any atom is -0.464 e. The topological polar surface area (TPSA) is 51.2 Å². The third-order valence-corrected chi connectivity index (χ3v) is 3.53. The number of nitrogens with one attached hydrogen (secondary N) is 1. The van der Waals surface area contributed by atoms with Crippen molar-refractivity contribution < 1.29 is 9.53 Å². The number of benzene rings is 1. The molecule has 96 valence electrons. The lowest BCUT2D eigenvalue weighted by molar-refractivity contribution is -0.143. The van der Waals surface area contributed by atoms with Crippen molar-refractivity contribution >= 4 is 44.3 Å². The summed E-state index contributed by atoms with van der Waals surface area (Å²) >= 11 is 7.38. The number of carbonyl (C=O) groups excluding carboxylic acids is 1. The lowest BCUT2D eigenvalue weighted by Gasteiger charge is -2.10. The van der Waals surface area contributed by atoms with Gasteiger partial charge in [0.25, 0.3) is 0 Å². The summed E-state index contributed by atoms with van der Waals surface area (Å²) in [5, 5.41) is 4.36. The lowest BCUT2D eigenvalue weighted by atomic mass is 10.3. The van der Waals surface area contributed by atoms with Crippen LogP contribution in [0.4, 0.5) is 5.13 Å². The minimum absolute atomic E-state index is 0.283. The molecule has 18 heavy (non-hydrogen) atoms. The standard InChI is InChI=1S/C12H13ClN2O2S/c1-3-17-11(16)7(2)14-12-15-9-6-8(13)4-5-10(9)18-12/h4-7H,3H2,1-2H3,(H,14,15). The minimum atomic E-state index is -0.416. The van der Waals surface area contributed by atoms with Gasteiger partial charge in [-0.05, 0) is 32.0 Å². The highest BCUT2D eigenvalue weighted by molar-refractivity contribution is 7.22. The van der Waals surface area contributed by atoms with E-state index >= 15 is 0 Å². The van der Waals surface area contributed by atoms with Gasteiger partial charge in [0.05, 0.1) is 16.8 Å². The van der Waals surface area contributed by atoms with Crippen molar-refractivity contribution in [2.45, 2.75) is 19.9 Å². The predicted molar refractivity (Wildman–Crippen MR) is 74.3 cm³/mol. The molecule has 0 radical (unpaired) electrons. The molecule has 0 saturated heterocycles. The molecule has 0 saturated carbocycles. The number of aromatic nitrogens is 1. The Morgan fingerprint density at radius 1 is 1.61 bits per heavy atom. The molecule has 1 unspecified atom stereocenters. The van der Waals surface area contributed by atoms with E-state index in [1.807, 2.05) is 12.1 Å². The molecule has 0 spiro atoms. The normalized spacial score (nSPS) is 12.4. The quantitative estimate of drug-likeness (QED) is 0.875. The summed E-state index contributed by atoms with van der Waals surface area (Å²) in [5.41, 5.74) is 0.825. The highest BCUT2D eigenvalue weighted by Gasteiger charge is 2.15. The molecule has 0 bridgehead atoms. The Balaban J connectivity index is 2.14. The van der Waals surface area contributed by atoms with E-state index in [2.05, 4.69) is 10.3 Å². The number of hydrogen-bond donors (Lipinski definition) is 1. The number of rotatable bonds is 4. The van der Waals surface area contributed by atoms with E-state index in [0.29, 0.717) is 16.8 Å². The number of ether oxygens (including phenoxy) is 1. The van der Waals surface area contributed by atoms with Gasteiger partial charge in [-0.15, -0.1) is 0 Å². The molecular weight excluding hydrogens is 272 g/mol. The maximum absolute atomic E-state index is 11.5. The number of nitrogens with zero attached hydrogens (tertiary/aromatic N) is 1. The van der Waals surface area contributed by atoms with E-state index < -0.39 is 6.04 Å². The van der Waals surface area contributed by atoms with Crippen molar-refractivity contribution in [3.8, 4) is 0 Å². The second kappa shape index (κ2) is 5.54. The Bertz CT molecular complexity index is 570. The number of thiazole rings is 1. The van der Waals surface area contributed by atoms with Gasteiger partial charge in [-0.25, -0.2) is 9.78 Å². The Morgan fingerprint density at radius 2 is 2.39 bits per heavy atom. The second-order valence-electron chi connectivity index (χ2n) is 3.75. The van der Waals surface area contributed by atoms with Crippen LogP contribution >= 0.6 is 22.9 Å². The SMILES string of the molecule is CCOC(=O)C(C)Nc1nc2cc(Cl)ccc2s1. The first kappa shape index (κ1) is 13.1. The second-order valence-corrected chi connectivity index (χ2v) is 5.22. The number of fused-ring (bicyclic) bond motifs is 1. The van der Waals surface area contributed by atoms with Crippen molar-refractivity contribution in [1.29, 1.82) is 0 Å². The van der Waals surface area contributed by atoms with Crippen LogP contribution in [0.2, 0.25) is 5.02 Å². The van der Waals surface area contributed by atoms with Gasteiger partial charge < -0.3 is 10.1 Å². The predicted octanol–water partition coefficient (Wildman–Crippen LogP) is 3.31. The van der Waals surface area contributed by atoms with Crippen LogP contribution in [0.1, 0.15) is 13.8 Å². The van der Waals surface area contributed by atoms with E-state index in [1.165, 1.54) is 11.3 Å². The molecule has 0 aliphatic heterocycles. The first-order valence-corrected chi connectivity index (χ1v) is 6.79. The van der Waals surface area contributed by atoms with Crippen LogP contribution in [0, 0.1) is 0 Å². The molecule has 1 aromatic heterocycles. The van der Waals surface area contributed by atoms with E-state index in [9.17, 15) is 4.79 Å². The van der Waals surface area contributed by atoms with Crippen LogP contribution in [0.15, 0.2) is 18.2 Å². The van der Waals surface area contributed by atoms with Crippen molar-refractivity contribution in [2.24, 2.45) is 0 Å². The number of hydrogen-bond acceptors (Lipinski definition) is 5. The summed E-state index contributed by atoms with van der Waals surface area (Å²) in [6.07, 6.45) is 0. The highest BCUT2D eigenvalue weighted by atomic mass is 35.5. The Labute approximate surface area is 114 Å². The zero-order valence-electron chi connectivity index (χ0n) is 10.1. The van der Waals surface area contributed by atoms with E-state index in [-0.39, 0.29) is 5.97 Å². The fourth-order valence-electron chi connectivity index (χ4n) is 1.47. The van der Waals surface area contributed by atoms with Crippen LogP contribution < -0.4 is 5.32 Å². The van der Waals surface area contributed by atoms with Crippen molar-refractivity contribution in [1.82, 2.24) is 4.98 Å². The largest absolute Gasteiger partial charge is 0.464 e. The first-order chi connectivity index (χ1) is 8.60. The molecule has 0 amide bonds. The van der Waals surface area contributed by atoms with Crippen LogP contribution in [0.5, 0.6) is 0 Å². The summed E-state index contributed by atoms with van der Waals surface area (Å²) < 4.78 is 5.95. The van der Waals surface area contributed by atoms with Gasteiger partial charge in [0, 0.05) is 5.02 Å². The molecule has 4 nitrogen and oxygen atoms in total. The third kappa shape index (κ3) is 2.91. The first-order valence-electron chi connectivity index (χ1n) is 5.59. The zero-order chi connectivity index (χ0) is 13.1. The van der Waals surface area contributed by atoms with Gasteiger partial charge in [0.1, 0.15) is 6.04 Å². The summed E-state index contributed by atoms with van der Waals surface area (Å²) in [4.78, 5) is 15.9. The van der Waals surface area contributed by atoms with Crippen LogP contribution in [0.3, 0.4) is 0 Å². The molecule has 0 aliphatic carbocycles. The summed E-state index contributed by atoms with van der Waals surface area (Å²) in [6, 6.07) is 5.12. The van der Waals surface area contributed by atoms with Crippen molar-refractivity contribution in [3.05, 3.63) is 23.2 Å². The third-order valence-electron chi connectivity index (χ3n) is 2.33. The molecule has 1 atom stereocenters. The van der Waals surface area contributed by atoms with Crippen LogP contribution in [0.25, 0.3) is 10.2 Å².